The molecule has 0 spiro atoms. The average molecular weight is 476 g/mol. The molecule has 174 valence electrons. The molecule has 4 aromatic rings. The van der Waals surface area contributed by atoms with Gasteiger partial charge < -0.3 is 10.1 Å². The van der Waals surface area contributed by atoms with Gasteiger partial charge in [0.15, 0.2) is 0 Å². The highest BCUT2D eigenvalue weighted by atomic mass is 32.1. The molecular formula is C26H25N3O4S. The van der Waals surface area contributed by atoms with Crippen molar-refractivity contribution < 1.29 is 14.3 Å². The molecular weight excluding hydrogens is 450 g/mol. The van der Waals surface area contributed by atoms with Gasteiger partial charge in [-0.15, -0.1) is 11.3 Å². The van der Waals surface area contributed by atoms with Crippen LogP contribution in [0.25, 0.3) is 10.2 Å². The van der Waals surface area contributed by atoms with E-state index in [0.717, 1.165) is 28.0 Å². The van der Waals surface area contributed by atoms with Crippen LogP contribution >= 0.6 is 11.3 Å². The van der Waals surface area contributed by atoms with Crippen LogP contribution < -0.4 is 10.9 Å². The molecule has 2 aromatic heterocycles. The summed E-state index contributed by atoms with van der Waals surface area (Å²) < 4.78 is 6.69. The minimum Gasteiger partial charge on any atom is -0.461 e. The van der Waals surface area contributed by atoms with Crippen molar-refractivity contribution in [1.29, 1.82) is 0 Å². The smallest absolute Gasteiger partial charge is 0.348 e. The first kappa shape index (κ1) is 23.4. The van der Waals surface area contributed by atoms with Crippen LogP contribution in [-0.2, 0) is 22.5 Å². The van der Waals surface area contributed by atoms with E-state index in [2.05, 4.69) is 10.3 Å². The molecule has 2 heterocycles. The number of rotatable bonds is 7. The zero-order valence-electron chi connectivity index (χ0n) is 19.3. The number of hydrogen-bond donors (Lipinski definition) is 1. The SMILES string of the molecule is Cc1cccc(NC(=O)Cn2cnc3sc(C(=O)OCCc4ccccc4)c(C)c3c2=O)c1C. The van der Waals surface area contributed by atoms with Gasteiger partial charge in [-0.3, -0.25) is 14.2 Å². The van der Waals surface area contributed by atoms with Crippen LogP contribution in [0.1, 0.15) is 31.9 Å². The largest absolute Gasteiger partial charge is 0.461 e. The Morgan fingerprint density at radius 2 is 1.79 bits per heavy atom. The summed E-state index contributed by atoms with van der Waals surface area (Å²) in [4.78, 5) is 43.5. The first-order valence-corrected chi connectivity index (χ1v) is 11.7. The molecule has 0 aliphatic carbocycles. The van der Waals surface area contributed by atoms with E-state index in [9.17, 15) is 14.4 Å². The molecule has 0 aliphatic heterocycles. The third kappa shape index (κ3) is 4.92. The zero-order valence-corrected chi connectivity index (χ0v) is 20.1. The number of anilines is 1. The third-order valence-corrected chi connectivity index (χ3v) is 6.94. The maximum Gasteiger partial charge on any atom is 0.348 e. The second-order valence-electron chi connectivity index (χ2n) is 8.08. The zero-order chi connectivity index (χ0) is 24.2. The second kappa shape index (κ2) is 10.0. The van der Waals surface area contributed by atoms with E-state index in [1.165, 1.54) is 10.9 Å². The monoisotopic (exact) mass is 475 g/mol. The Labute approximate surface area is 201 Å². The van der Waals surface area contributed by atoms with Crippen molar-refractivity contribution in [3.05, 3.63) is 92.3 Å². The number of carbonyl (C=O) groups is 2. The number of carbonyl (C=O) groups excluding carboxylic acids is 2. The summed E-state index contributed by atoms with van der Waals surface area (Å²) in [6, 6.07) is 15.4. The van der Waals surface area contributed by atoms with Gasteiger partial charge in [0, 0.05) is 12.1 Å². The average Bonchev–Trinajstić information content (AvgIpc) is 3.16. The lowest BCUT2D eigenvalue weighted by atomic mass is 10.1. The number of ether oxygens (including phenoxy) is 1. The minimum absolute atomic E-state index is 0.179. The third-order valence-electron chi connectivity index (χ3n) is 5.76. The van der Waals surface area contributed by atoms with Crippen LogP contribution in [0.4, 0.5) is 5.69 Å². The van der Waals surface area contributed by atoms with Crippen molar-refractivity contribution in [2.45, 2.75) is 33.7 Å². The summed E-state index contributed by atoms with van der Waals surface area (Å²) >= 11 is 1.13. The molecule has 0 unspecified atom stereocenters. The molecule has 8 heteroatoms. The van der Waals surface area contributed by atoms with E-state index in [-0.39, 0.29) is 24.6 Å². The first-order chi connectivity index (χ1) is 16.3. The highest BCUT2D eigenvalue weighted by Gasteiger charge is 2.21. The van der Waals surface area contributed by atoms with Crippen molar-refractivity contribution in [3.8, 4) is 0 Å². The molecule has 0 fully saturated rings. The molecule has 7 nitrogen and oxygen atoms in total. The van der Waals surface area contributed by atoms with Gasteiger partial charge in [0.1, 0.15) is 16.3 Å². The standard InChI is InChI=1S/C26H25N3O4S/c1-16-8-7-11-20(17(16)2)28-21(30)14-29-15-27-24-22(25(29)31)18(3)23(34-24)26(32)33-13-12-19-9-5-4-6-10-19/h4-11,15H,12-14H2,1-3H3,(H,28,30). The number of hydrogen-bond acceptors (Lipinski definition) is 6. The van der Waals surface area contributed by atoms with Crippen LogP contribution in [0, 0.1) is 20.8 Å². The Hall–Kier alpha value is -3.78. The Morgan fingerprint density at radius 3 is 2.56 bits per heavy atom. The van der Waals surface area contributed by atoms with Crippen LogP contribution in [0.3, 0.4) is 0 Å². The Bertz CT molecular complexity index is 1420. The van der Waals surface area contributed by atoms with Crippen LogP contribution in [0.5, 0.6) is 0 Å². The summed E-state index contributed by atoms with van der Waals surface area (Å²) in [5, 5.41) is 3.19. The minimum atomic E-state index is -0.477. The summed E-state index contributed by atoms with van der Waals surface area (Å²) in [6.45, 7) is 5.67. The number of amides is 1. The van der Waals surface area contributed by atoms with Crippen LogP contribution in [0.15, 0.2) is 59.7 Å². The number of esters is 1. The first-order valence-electron chi connectivity index (χ1n) is 10.9. The number of benzene rings is 2. The summed E-state index contributed by atoms with van der Waals surface area (Å²) in [5.41, 5.74) is 3.98. The molecule has 34 heavy (non-hydrogen) atoms. The van der Waals surface area contributed by atoms with E-state index in [0.29, 0.717) is 32.8 Å². The van der Waals surface area contributed by atoms with E-state index in [1.54, 1.807) is 6.92 Å². The van der Waals surface area contributed by atoms with Gasteiger partial charge in [-0.05, 0) is 49.1 Å². The van der Waals surface area contributed by atoms with Crippen molar-refractivity contribution in [2.75, 3.05) is 11.9 Å². The van der Waals surface area contributed by atoms with Gasteiger partial charge in [0.05, 0.1) is 18.3 Å². The number of nitrogens with zero attached hydrogens (tertiary/aromatic N) is 2. The topological polar surface area (TPSA) is 90.3 Å². The van der Waals surface area contributed by atoms with Crippen molar-refractivity contribution in [2.24, 2.45) is 0 Å². The Kier molecular flexibility index (Phi) is 6.88. The summed E-state index contributed by atoms with van der Waals surface area (Å²) in [7, 11) is 0. The maximum atomic E-state index is 13.1. The van der Waals surface area contributed by atoms with Gasteiger partial charge >= 0.3 is 5.97 Å². The number of nitrogens with one attached hydrogen (secondary N) is 1. The van der Waals surface area contributed by atoms with Gasteiger partial charge in [-0.2, -0.15) is 0 Å². The lowest BCUT2D eigenvalue weighted by Gasteiger charge is -2.11. The van der Waals surface area contributed by atoms with Crippen molar-refractivity contribution in [3.63, 3.8) is 0 Å². The molecule has 0 atom stereocenters. The fourth-order valence-electron chi connectivity index (χ4n) is 3.67. The Morgan fingerprint density at radius 1 is 1.03 bits per heavy atom. The number of aryl methyl sites for hydroxylation is 2. The lowest BCUT2D eigenvalue weighted by Crippen LogP contribution is -2.28. The molecule has 2 aromatic carbocycles. The summed E-state index contributed by atoms with van der Waals surface area (Å²) in [5.74, 6) is -0.805. The summed E-state index contributed by atoms with van der Waals surface area (Å²) in [6.07, 6.45) is 1.95. The fourth-order valence-corrected chi connectivity index (χ4v) is 4.70. The molecule has 1 amide bonds. The number of aromatic nitrogens is 2. The van der Waals surface area contributed by atoms with E-state index in [1.807, 2.05) is 62.4 Å². The number of fused-ring (bicyclic) bond motifs is 1. The molecule has 0 saturated heterocycles. The molecule has 1 N–H and O–H groups in total. The quantitative estimate of drug-likeness (QED) is 0.400. The molecule has 0 saturated carbocycles. The van der Waals surface area contributed by atoms with Gasteiger partial charge in [-0.25, -0.2) is 9.78 Å². The van der Waals surface area contributed by atoms with E-state index >= 15 is 0 Å². The highest BCUT2D eigenvalue weighted by molar-refractivity contribution is 7.20. The number of thiophene rings is 1. The molecule has 0 aliphatic rings. The van der Waals surface area contributed by atoms with Crippen LogP contribution in [-0.4, -0.2) is 28.0 Å². The molecule has 4 rings (SSSR count). The predicted octanol–water partition coefficient (Wildman–Crippen LogP) is 4.42. The maximum absolute atomic E-state index is 13.1. The predicted molar refractivity (Wildman–Crippen MR) is 134 cm³/mol. The van der Waals surface area contributed by atoms with Gasteiger partial charge in [-0.1, -0.05) is 42.5 Å². The highest BCUT2D eigenvalue weighted by Crippen LogP contribution is 2.27. The van der Waals surface area contributed by atoms with Gasteiger partial charge in [0.25, 0.3) is 5.56 Å². The lowest BCUT2D eigenvalue weighted by molar-refractivity contribution is -0.116. The van der Waals surface area contributed by atoms with Gasteiger partial charge in [0.2, 0.25) is 5.91 Å². The second-order valence-corrected chi connectivity index (χ2v) is 9.08. The van der Waals surface area contributed by atoms with Crippen molar-refractivity contribution in [1.82, 2.24) is 9.55 Å². The fraction of sp³-hybridized carbons (Fsp3) is 0.231. The Balaban J connectivity index is 1.49. The van der Waals surface area contributed by atoms with E-state index < -0.39 is 5.97 Å². The molecule has 0 bridgehead atoms. The normalized spacial score (nSPS) is 10.9. The van der Waals surface area contributed by atoms with Crippen molar-refractivity contribution >= 4 is 39.1 Å². The van der Waals surface area contributed by atoms with Crippen LogP contribution in [0.2, 0.25) is 0 Å². The van der Waals surface area contributed by atoms with E-state index in [4.69, 9.17) is 4.74 Å². The molecule has 0 radical (unpaired) electrons.